The monoisotopic (exact) mass is 594 g/mol. The van der Waals surface area contributed by atoms with Crippen LogP contribution in [0.4, 0.5) is 5.69 Å². The van der Waals surface area contributed by atoms with Gasteiger partial charge in [-0.3, -0.25) is 9.36 Å². The average Bonchev–Trinajstić information content (AvgIpc) is 3.52. The number of thiophene rings is 1. The predicted octanol–water partition coefficient (Wildman–Crippen LogP) is 6.71. The highest BCUT2D eigenvalue weighted by molar-refractivity contribution is 7.89. The van der Waals surface area contributed by atoms with E-state index >= 15 is 0 Å². The van der Waals surface area contributed by atoms with Crippen molar-refractivity contribution in [2.45, 2.75) is 13.8 Å². The quantitative estimate of drug-likeness (QED) is 0.192. The fourth-order valence-corrected chi connectivity index (χ4v) is 7.72. The Labute approximate surface area is 236 Å². The Balaban J connectivity index is 1.53. The van der Waals surface area contributed by atoms with Crippen LogP contribution in [-0.4, -0.2) is 27.7 Å². The molecular weight excluding hydrogens is 567 g/mol. The van der Waals surface area contributed by atoms with Crippen molar-refractivity contribution in [3.8, 4) is 21.8 Å². The fraction of sp³-hybridized carbons (Fsp3) is 0.138. The molecule has 0 bridgehead atoms. The van der Waals surface area contributed by atoms with Crippen molar-refractivity contribution in [1.29, 1.82) is 0 Å². The molecule has 0 aliphatic carbocycles. The molecule has 0 aliphatic heterocycles. The van der Waals surface area contributed by atoms with Crippen molar-refractivity contribution in [2.75, 3.05) is 18.5 Å². The Bertz CT molecular complexity index is 1860. The summed E-state index contributed by atoms with van der Waals surface area (Å²) in [6.45, 7) is 3.76. The topological polar surface area (TPSA) is 115 Å². The van der Waals surface area contributed by atoms with Crippen LogP contribution in [0.1, 0.15) is 20.8 Å². The molecule has 1 atom stereocenters. The molecule has 0 radical (unpaired) electrons. The number of amides is 1. The number of aryl methyl sites for hydroxylation is 2. The summed E-state index contributed by atoms with van der Waals surface area (Å²) in [5.74, 6) is -0.104. The van der Waals surface area contributed by atoms with Gasteiger partial charge in [0.2, 0.25) is 10.0 Å². The smallest absolute Gasteiger partial charge is 0.324 e. The van der Waals surface area contributed by atoms with Gasteiger partial charge in [-0.25, -0.2) is 13.1 Å². The van der Waals surface area contributed by atoms with Crippen LogP contribution in [0, 0.1) is 13.8 Å². The maximum Gasteiger partial charge on any atom is 0.324 e. The van der Waals surface area contributed by atoms with Crippen molar-refractivity contribution in [3.05, 3.63) is 94.9 Å². The number of hydrogen-bond acceptors (Lipinski definition) is 7. The Morgan fingerprint density at radius 1 is 0.950 bits per heavy atom. The van der Waals surface area contributed by atoms with E-state index in [0.717, 1.165) is 56.6 Å². The van der Waals surface area contributed by atoms with E-state index in [0.29, 0.717) is 10.2 Å². The Kier molecular flexibility index (Phi) is 7.46. The molecule has 2 aromatic heterocycles. The van der Waals surface area contributed by atoms with Gasteiger partial charge in [0.05, 0.1) is 17.2 Å². The molecule has 0 aliphatic rings. The highest BCUT2D eigenvalue weighted by Gasteiger charge is 2.30. The largest absolute Gasteiger partial charge is 0.456 e. The second-order valence-corrected chi connectivity index (χ2v) is 14.4. The van der Waals surface area contributed by atoms with E-state index in [1.807, 2.05) is 85.3 Å². The predicted molar refractivity (Wildman–Crippen MR) is 161 cm³/mol. The van der Waals surface area contributed by atoms with E-state index in [2.05, 4.69) is 5.09 Å². The first kappa shape index (κ1) is 27.9. The minimum absolute atomic E-state index is 0.0591. The molecule has 2 N–H and O–H groups in total. The number of hydrogen-bond donors (Lipinski definition) is 2. The van der Waals surface area contributed by atoms with Gasteiger partial charge in [-0.2, -0.15) is 0 Å². The van der Waals surface area contributed by atoms with E-state index in [1.165, 1.54) is 7.11 Å². The van der Waals surface area contributed by atoms with Gasteiger partial charge in [0.25, 0.3) is 5.91 Å². The number of para-hydroxylation sites is 1. The van der Waals surface area contributed by atoms with Gasteiger partial charge in [-0.1, -0.05) is 60.2 Å². The van der Waals surface area contributed by atoms with E-state index in [1.54, 1.807) is 12.1 Å². The van der Waals surface area contributed by atoms with E-state index in [-0.39, 0.29) is 10.6 Å². The van der Waals surface area contributed by atoms with Gasteiger partial charge in [0.1, 0.15) is 16.2 Å². The molecule has 2 heterocycles. The standard InChI is InChI=1S/C29H27N2O6PS2/c1-18-9-14-26(19(2)15-18)38(33,36-3)30-23-17-27(39-28(23)29(32)31-40(4,34)35)21-12-10-20(11-13-21)25-16-22-7-5-6-8-24(22)37-25/h5-17H,1-4H3,(H,30,33)(H,31,32). The number of nitrogens with one attached hydrogen (secondary N) is 2. The SMILES string of the molecule is COP(=O)(Nc1cc(-c2ccc(-c3cc4ccccc4o3)cc2)sc1C(=O)NS(C)(=O)=O)c1ccc(C)cc1C. The highest BCUT2D eigenvalue weighted by atomic mass is 32.2. The lowest BCUT2D eigenvalue weighted by atomic mass is 10.1. The van der Waals surface area contributed by atoms with Crippen LogP contribution in [0.3, 0.4) is 0 Å². The third kappa shape index (κ3) is 5.76. The zero-order chi connectivity index (χ0) is 28.7. The first-order chi connectivity index (χ1) is 19.0. The van der Waals surface area contributed by atoms with Gasteiger partial charge in [-0.05, 0) is 49.2 Å². The number of sulfonamides is 1. The summed E-state index contributed by atoms with van der Waals surface area (Å²) in [4.78, 5) is 13.7. The molecule has 0 saturated heterocycles. The average molecular weight is 595 g/mol. The number of rotatable bonds is 8. The lowest BCUT2D eigenvalue weighted by Gasteiger charge is -2.21. The summed E-state index contributed by atoms with van der Waals surface area (Å²) in [7, 11) is -6.18. The third-order valence-corrected chi connectivity index (χ3v) is 10.2. The minimum atomic E-state index is -3.84. The number of carbonyl (C=O) groups excluding carboxylic acids is 1. The first-order valence-corrected chi connectivity index (χ1v) is 16.6. The van der Waals surface area contributed by atoms with Crippen molar-refractivity contribution >= 4 is 56.7 Å². The van der Waals surface area contributed by atoms with Gasteiger partial charge in [-0.15, -0.1) is 11.3 Å². The molecule has 5 rings (SSSR count). The van der Waals surface area contributed by atoms with Crippen LogP contribution in [0.2, 0.25) is 0 Å². The van der Waals surface area contributed by atoms with E-state index < -0.39 is 23.5 Å². The Morgan fingerprint density at radius 2 is 1.65 bits per heavy atom. The Hall–Kier alpha value is -3.69. The van der Waals surface area contributed by atoms with Gasteiger partial charge >= 0.3 is 7.52 Å². The van der Waals surface area contributed by atoms with Gasteiger partial charge in [0, 0.05) is 22.9 Å². The lowest BCUT2D eigenvalue weighted by molar-refractivity contribution is 0.0986. The van der Waals surface area contributed by atoms with Crippen molar-refractivity contribution in [1.82, 2.24) is 4.72 Å². The zero-order valence-electron chi connectivity index (χ0n) is 22.2. The van der Waals surface area contributed by atoms with Crippen LogP contribution in [0.5, 0.6) is 0 Å². The molecule has 40 heavy (non-hydrogen) atoms. The molecule has 1 amide bonds. The number of benzene rings is 3. The minimum Gasteiger partial charge on any atom is -0.456 e. The second-order valence-electron chi connectivity index (χ2n) is 9.42. The van der Waals surface area contributed by atoms with Gasteiger partial charge < -0.3 is 14.0 Å². The van der Waals surface area contributed by atoms with E-state index in [4.69, 9.17) is 8.94 Å². The Morgan fingerprint density at radius 3 is 2.30 bits per heavy atom. The molecule has 3 aromatic carbocycles. The summed E-state index contributed by atoms with van der Waals surface area (Å²) in [6, 6.07) is 24.4. The summed E-state index contributed by atoms with van der Waals surface area (Å²) in [6.07, 6.45) is 0.902. The first-order valence-electron chi connectivity index (χ1n) is 12.2. The molecule has 1 unspecified atom stereocenters. The van der Waals surface area contributed by atoms with Crippen molar-refractivity contribution < 1.29 is 26.7 Å². The maximum absolute atomic E-state index is 14.0. The number of anilines is 1. The molecule has 0 saturated carbocycles. The van der Waals surface area contributed by atoms with Crippen molar-refractivity contribution in [2.24, 2.45) is 0 Å². The van der Waals surface area contributed by atoms with Crippen LogP contribution in [0.15, 0.2) is 83.3 Å². The second kappa shape index (κ2) is 10.7. The normalized spacial score (nSPS) is 13.2. The number of furan rings is 1. The molecule has 206 valence electrons. The van der Waals surface area contributed by atoms with E-state index in [9.17, 15) is 17.8 Å². The number of fused-ring (bicyclic) bond motifs is 1. The molecule has 5 aromatic rings. The summed E-state index contributed by atoms with van der Waals surface area (Å²) in [5.41, 5.74) is 4.42. The fourth-order valence-electron chi connectivity index (χ4n) is 4.42. The van der Waals surface area contributed by atoms with Crippen LogP contribution >= 0.6 is 18.9 Å². The molecule has 0 fully saturated rings. The third-order valence-electron chi connectivity index (χ3n) is 6.29. The highest BCUT2D eigenvalue weighted by Crippen LogP contribution is 2.49. The summed E-state index contributed by atoms with van der Waals surface area (Å²) < 4.78 is 51.1. The molecule has 8 nitrogen and oxygen atoms in total. The summed E-state index contributed by atoms with van der Waals surface area (Å²) >= 11 is 1.08. The van der Waals surface area contributed by atoms with Crippen LogP contribution in [0.25, 0.3) is 32.7 Å². The molecule has 11 heteroatoms. The lowest BCUT2D eigenvalue weighted by Crippen LogP contribution is -2.29. The van der Waals surface area contributed by atoms with Crippen LogP contribution < -0.4 is 15.1 Å². The number of carbonyl (C=O) groups is 1. The van der Waals surface area contributed by atoms with Crippen molar-refractivity contribution in [3.63, 3.8) is 0 Å². The molecule has 0 spiro atoms. The summed E-state index contributed by atoms with van der Waals surface area (Å²) in [5, 5.41) is 4.39. The molecular formula is C29H27N2O6PS2. The maximum atomic E-state index is 14.0. The zero-order valence-corrected chi connectivity index (χ0v) is 24.7. The van der Waals surface area contributed by atoms with Crippen LogP contribution in [-0.2, 0) is 19.1 Å². The van der Waals surface area contributed by atoms with Gasteiger partial charge in [0.15, 0.2) is 0 Å².